The molecule has 22 heavy (non-hydrogen) atoms. The van der Waals surface area contributed by atoms with Crippen molar-refractivity contribution in [1.82, 2.24) is 5.32 Å². The molecule has 1 aliphatic rings. The van der Waals surface area contributed by atoms with Gasteiger partial charge < -0.3 is 10.6 Å². The van der Waals surface area contributed by atoms with Crippen molar-refractivity contribution >= 4 is 11.6 Å². The molecule has 1 amide bonds. The van der Waals surface area contributed by atoms with Crippen molar-refractivity contribution in [2.75, 3.05) is 18.4 Å². The molecule has 120 valence electrons. The zero-order chi connectivity index (χ0) is 15.8. The number of amides is 1. The molecule has 0 saturated carbocycles. The lowest BCUT2D eigenvalue weighted by Gasteiger charge is -2.13. The molecule has 0 spiro atoms. The molecule has 0 bridgehead atoms. The highest BCUT2D eigenvalue weighted by Crippen LogP contribution is 2.19. The summed E-state index contributed by atoms with van der Waals surface area (Å²) in [6.07, 6.45) is 8.39. The number of carbonyl (C=O) groups excluding carboxylic acids is 1. The van der Waals surface area contributed by atoms with Crippen molar-refractivity contribution in [3.63, 3.8) is 0 Å². The second-order valence-electron chi connectivity index (χ2n) is 5.50. The van der Waals surface area contributed by atoms with Gasteiger partial charge >= 0.3 is 0 Å². The van der Waals surface area contributed by atoms with Crippen LogP contribution in [0, 0.1) is 11.6 Å². The predicted molar refractivity (Wildman–Crippen MR) is 83.6 cm³/mol. The topological polar surface area (TPSA) is 41.1 Å². The first-order valence-corrected chi connectivity index (χ1v) is 7.79. The highest BCUT2D eigenvalue weighted by molar-refractivity contribution is 5.91. The van der Waals surface area contributed by atoms with E-state index in [2.05, 4.69) is 16.7 Å². The van der Waals surface area contributed by atoms with Gasteiger partial charge in [0.1, 0.15) is 17.3 Å². The molecule has 0 aromatic heterocycles. The van der Waals surface area contributed by atoms with E-state index in [4.69, 9.17) is 0 Å². The molecular formula is C17H22F2N2O. The summed E-state index contributed by atoms with van der Waals surface area (Å²) >= 11 is 0. The molecular weight excluding hydrogens is 286 g/mol. The Morgan fingerprint density at radius 1 is 1.14 bits per heavy atom. The highest BCUT2D eigenvalue weighted by atomic mass is 19.1. The van der Waals surface area contributed by atoms with Crippen molar-refractivity contribution < 1.29 is 13.6 Å². The van der Waals surface area contributed by atoms with Crippen LogP contribution in [0.1, 0.15) is 38.5 Å². The summed E-state index contributed by atoms with van der Waals surface area (Å²) in [6.45, 7) is 1.32. The summed E-state index contributed by atoms with van der Waals surface area (Å²) in [5.74, 6) is -1.91. The van der Waals surface area contributed by atoms with Gasteiger partial charge in [0.05, 0.1) is 0 Å². The fraction of sp³-hybridized carbons (Fsp3) is 0.471. The molecule has 5 heteroatoms. The SMILES string of the molecule is O=C(CCNCCC1=CCCCC1)Nc1c(F)cccc1F. The monoisotopic (exact) mass is 308 g/mol. The van der Waals surface area contributed by atoms with Crippen LogP contribution in [0.15, 0.2) is 29.8 Å². The Kier molecular flexibility index (Phi) is 6.52. The van der Waals surface area contributed by atoms with Crippen LogP contribution in [0.2, 0.25) is 0 Å². The van der Waals surface area contributed by atoms with Crippen molar-refractivity contribution in [3.8, 4) is 0 Å². The van der Waals surface area contributed by atoms with Gasteiger partial charge in [-0.05, 0) is 50.8 Å². The van der Waals surface area contributed by atoms with Crippen LogP contribution in [0.5, 0.6) is 0 Å². The molecule has 1 aromatic carbocycles. The Morgan fingerprint density at radius 2 is 1.91 bits per heavy atom. The summed E-state index contributed by atoms with van der Waals surface area (Å²) < 4.78 is 26.8. The van der Waals surface area contributed by atoms with Gasteiger partial charge in [-0.3, -0.25) is 4.79 Å². The molecule has 2 rings (SSSR count). The normalized spacial score (nSPS) is 14.5. The van der Waals surface area contributed by atoms with E-state index in [1.54, 1.807) is 0 Å². The number of allylic oxidation sites excluding steroid dienone is 1. The van der Waals surface area contributed by atoms with Crippen molar-refractivity contribution in [2.45, 2.75) is 38.5 Å². The van der Waals surface area contributed by atoms with E-state index in [0.717, 1.165) is 25.1 Å². The Morgan fingerprint density at radius 3 is 2.59 bits per heavy atom. The zero-order valence-corrected chi connectivity index (χ0v) is 12.6. The average Bonchev–Trinajstić information content (AvgIpc) is 2.52. The number of hydrogen-bond acceptors (Lipinski definition) is 2. The minimum absolute atomic E-state index is 0.187. The molecule has 0 fully saturated rings. The number of benzene rings is 1. The first-order valence-electron chi connectivity index (χ1n) is 7.79. The quantitative estimate of drug-likeness (QED) is 0.594. The maximum Gasteiger partial charge on any atom is 0.225 e. The van der Waals surface area contributed by atoms with Gasteiger partial charge in [0, 0.05) is 13.0 Å². The largest absolute Gasteiger partial charge is 0.321 e. The van der Waals surface area contributed by atoms with Crippen molar-refractivity contribution in [3.05, 3.63) is 41.5 Å². The number of nitrogens with one attached hydrogen (secondary N) is 2. The summed E-state index contributed by atoms with van der Waals surface area (Å²) in [5.41, 5.74) is 1.11. The van der Waals surface area contributed by atoms with Crippen molar-refractivity contribution in [2.24, 2.45) is 0 Å². The molecule has 0 radical (unpaired) electrons. The first kappa shape index (κ1) is 16.6. The predicted octanol–water partition coefficient (Wildman–Crippen LogP) is 3.77. The number of carbonyl (C=O) groups is 1. The zero-order valence-electron chi connectivity index (χ0n) is 12.6. The van der Waals surface area contributed by atoms with E-state index >= 15 is 0 Å². The number of halogens is 2. The standard InChI is InChI=1S/C17H22F2N2O/c18-14-7-4-8-15(19)17(14)21-16(22)10-12-20-11-9-13-5-2-1-3-6-13/h4-5,7-8,20H,1-3,6,9-12H2,(H,21,22). The van der Waals surface area contributed by atoms with Gasteiger partial charge in [0.15, 0.2) is 0 Å². The second kappa shape index (κ2) is 8.63. The highest BCUT2D eigenvalue weighted by Gasteiger charge is 2.11. The average molecular weight is 308 g/mol. The van der Waals surface area contributed by atoms with Crippen LogP contribution in [0.4, 0.5) is 14.5 Å². The van der Waals surface area contributed by atoms with E-state index in [9.17, 15) is 13.6 Å². The molecule has 0 atom stereocenters. The molecule has 0 aliphatic heterocycles. The van der Waals surface area contributed by atoms with Gasteiger partial charge in [0.2, 0.25) is 5.91 Å². The minimum Gasteiger partial charge on any atom is -0.321 e. The molecule has 2 N–H and O–H groups in total. The van der Waals surface area contributed by atoms with Crippen LogP contribution < -0.4 is 10.6 Å². The summed E-state index contributed by atoms with van der Waals surface area (Å²) in [4.78, 5) is 11.7. The van der Waals surface area contributed by atoms with Crippen LogP contribution in [0.3, 0.4) is 0 Å². The smallest absolute Gasteiger partial charge is 0.225 e. The Bertz CT molecular complexity index is 523. The van der Waals surface area contributed by atoms with E-state index in [0.29, 0.717) is 6.54 Å². The van der Waals surface area contributed by atoms with Crippen LogP contribution in [0.25, 0.3) is 0 Å². The molecule has 0 unspecified atom stereocenters. The van der Waals surface area contributed by atoms with Gasteiger partial charge in [-0.1, -0.05) is 17.7 Å². The number of hydrogen-bond donors (Lipinski definition) is 2. The van der Waals surface area contributed by atoms with E-state index in [-0.39, 0.29) is 12.1 Å². The van der Waals surface area contributed by atoms with Gasteiger partial charge in [-0.25, -0.2) is 8.78 Å². The summed E-state index contributed by atoms with van der Waals surface area (Å²) in [6, 6.07) is 3.51. The van der Waals surface area contributed by atoms with Gasteiger partial charge in [-0.15, -0.1) is 0 Å². The Labute approximate surface area is 129 Å². The lowest BCUT2D eigenvalue weighted by molar-refractivity contribution is -0.116. The van der Waals surface area contributed by atoms with Gasteiger partial charge in [-0.2, -0.15) is 0 Å². The molecule has 0 saturated heterocycles. The summed E-state index contributed by atoms with van der Waals surface area (Å²) in [5, 5.41) is 5.47. The molecule has 1 aliphatic carbocycles. The molecule has 3 nitrogen and oxygen atoms in total. The summed E-state index contributed by atoms with van der Waals surface area (Å²) in [7, 11) is 0. The lowest BCUT2D eigenvalue weighted by atomic mass is 9.97. The number of anilines is 1. The van der Waals surface area contributed by atoms with Crippen LogP contribution in [-0.2, 0) is 4.79 Å². The first-order chi connectivity index (χ1) is 10.7. The fourth-order valence-corrected chi connectivity index (χ4v) is 2.53. The maximum absolute atomic E-state index is 13.4. The van der Waals surface area contributed by atoms with E-state index < -0.39 is 17.5 Å². The lowest BCUT2D eigenvalue weighted by Crippen LogP contribution is -2.23. The van der Waals surface area contributed by atoms with E-state index in [1.165, 1.54) is 37.3 Å². The third kappa shape index (κ3) is 5.22. The molecule has 0 heterocycles. The third-order valence-corrected chi connectivity index (χ3v) is 3.76. The number of rotatable bonds is 7. The Hall–Kier alpha value is -1.75. The second-order valence-corrected chi connectivity index (χ2v) is 5.50. The van der Waals surface area contributed by atoms with Gasteiger partial charge in [0.25, 0.3) is 0 Å². The van der Waals surface area contributed by atoms with Crippen molar-refractivity contribution in [1.29, 1.82) is 0 Å². The maximum atomic E-state index is 13.4. The molecule has 1 aromatic rings. The third-order valence-electron chi connectivity index (χ3n) is 3.76. The van der Waals surface area contributed by atoms with Crippen LogP contribution >= 0.6 is 0 Å². The number of para-hydroxylation sites is 1. The van der Waals surface area contributed by atoms with E-state index in [1.807, 2.05) is 0 Å². The minimum atomic E-state index is -0.759. The van der Waals surface area contributed by atoms with Crippen LogP contribution in [-0.4, -0.2) is 19.0 Å². The Balaban J connectivity index is 1.64. The fourth-order valence-electron chi connectivity index (χ4n) is 2.53.